The molecule has 1 fully saturated rings. The molecule has 0 bridgehead atoms. The first-order valence-electron chi connectivity index (χ1n) is 6.76. The highest BCUT2D eigenvalue weighted by Gasteiger charge is 2.35. The van der Waals surface area contributed by atoms with Crippen LogP contribution in [0, 0.1) is 5.92 Å². The van der Waals surface area contributed by atoms with Gasteiger partial charge in [0, 0.05) is 19.1 Å². The van der Waals surface area contributed by atoms with E-state index in [-0.39, 0.29) is 18.6 Å². The minimum Gasteiger partial charge on any atom is -0.480 e. The quantitative estimate of drug-likeness (QED) is 0.758. The Hall–Kier alpha value is -1.26. The molecule has 0 radical (unpaired) electrons. The maximum absolute atomic E-state index is 12.3. The molecule has 2 amide bonds. The van der Waals surface area contributed by atoms with Crippen LogP contribution in [0.4, 0.5) is 4.79 Å². The van der Waals surface area contributed by atoms with E-state index in [0.29, 0.717) is 19.0 Å². The Balaban J connectivity index is 2.63. The molecule has 5 nitrogen and oxygen atoms in total. The number of carboxylic acid groups (broad SMARTS) is 1. The van der Waals surface area contributed by atoms with Crippen molar-refractivity contribution >= 4 is 12.0 Å². The van der Waals surface area contributed by atoms with Gasteiger partial charge >= 0.3 is 12.0 Å². The van der Waals surface area contributed by atoms with Gasteiger partial charge in [0.1, 0.15) is 6.54 Å². The summed E-state index contributed by atoms with van der Waals surface area (Å²) in [5.74, 6) is -0.491. The zero-order valence-electron chi connectivity index (χ0n) is 11.6. The van der Waals surface area contributed by atoms with E-state index in [1.54, 1.807) is 4.90 Å². The van der Waals surface area contributed by atoms with E-state index in [1.807, 2.05) is 6.92 Å². The van der Waals surface area contributed by atoms with Crippen LogP contribution in [0.1, 0.15) is 40.0 Å². The molecule has 1 aliphatic rings. The lowest BCUT2D eigenvalue weighted by atomic mass is 10.1. The molecule has 1 aliphatic carbocycles. The third-order valence-electron chi connectivity index (χ3n) is 3.42. The second-order valence-corrected chi connectivity index (χ2v) is 5.09. The molecule has 1 unspecified atom stereocenters. The van der Waals surface area contributed by atoms with Gasteiger partial charge in [-0.25, -0.2) is 4.79 Å². The molecule has 1 N–H and O–H groups in total. The van der Waals surface area contributed by atoms with Crippen molar-refractivity contribution in [2.24, 2.45) is 5.92 Å². The number of carbonyl (C=O) groups excluding carboxylic acids is 1. The number of carboxylic acids is 1. The summed E-state index contributed by atoms with van der Waals surface area (Å²) in [7, 11) is 0. The van der Waals surface area contributed by atoms with E-state index < -0.39 is 5.97 Å². The summed E-state index contributed by atoms with van der Waals surface area (Å²) in [5, 5.41) is 8.88. The summed E-state index contributed by atoms with van der Waals surface area (Å²) in [6.45, 7) is 7.29. The number of amides is 2. The number of urea groups is 1. The van der Waals surface area contributed by atoms with Gasteiger partial charge in [0.25, 0.3) is 0 Å². The molecule has 0 aromatic rings. The van der Waals surface area contributed by atoms with Gasteiger partial charge in [-0.3, -0.25) is 4.79 Å². The van der Waals surface area contributed by atoms with Crippen LogP contribution in [0.3, 0.4) is 0 Å². The van der Waals surface area contributed by atoms with Crippen molar-refractivity contribution in [2.45, 2.75) is 46.1 Å². The van der Waals surface area contributed by atoms with E-state index in [9.17, 15) is 9.59 Å². The lowest BCUT2D eigenvalue weighted by Crippen LogP contribution is -2.47. The average molecular weight is 256 g/mol. The summed E-state index contributed by atoms with van der Waals surface area (Å²) in [6.07, 6.45) is 2.88. The molecule has 0 spiro atoms. The average Bonchev–Trinajstić information content (AvgIpc) is 3.15. The minimum absolute atomic E-state index is 0.122. The number of hydrogen-bond donors (Lipinski definition) is 1. The fourth-order valence-corrected chi connectivity index (χ4v) is 1.91. The predicted molar refractivity (Wildman–Crippen MR) is 69.5 cm³/mol. The van der Waals surface area contributed by atoms with E-state index in [4.69, 9.17) is 5.11 Å². The van der Waals surface area contributed by atoms with Crippen molar-refractivity contribution in [2.75, 3.05) is 19.6 Å². The maximum atomic E-state index is 12.3. The molecular formula is C13H24N2O3. The topological polar surface area (TPSA) is 60.9 Å². The van der Waals surface area contributed by atoms with Crippen molar-refractivity contribution in [3.05, 3.63) is 0 Å². The van der Waals surface area contributed by atoms with E-state index in [0.717, 1.165) is 19.3 Å². The number of hydrogen-bond acceptors (Lipinski definition) is 2. The van der Waals surface area contributed by atoms with Crippen molar-refractivity contribution < 1.29 is 14.7 Å². The molecule has 104 valence electrons. The summed E-state index contributed by atoms with van der Waals surface area (Å²) >= 11 is 0. The monoisotopic (exact) mass is 256 g/mol. The van der Waals surface area contributed by atoms with Crippen LogP contribution in [0.2, 0.25) is 0 Å². The summed E-state index contributed by atoms with van der Waals surface area (Å²) in [6, 6.07) is 0.0160. The second kappa shape index (κ2) is 6.61. The maximum Gasteiger partial charge on any atom is 0.323 e. The first-order chi connectivity index (χ1) is 8.49. The highest BCUT2D eigenvalue weighted by Crippen LogP contribution is 2.27. The fraction of sp³-hybridized carbons (Fsp3) is 0.846. The Labute approximate surface area is 109 Å². The highest BCUT2D eigenvalue weighted by atomic mass is 16.4. The summed E-state index contributed by atoms with van der Waals surface area (Å²) in [4.78, 5) is 26.4. The number of rotatable bonds is 7. The van der Waals surface area contributed by atoms with Crippen molar-refractivity contribution in [3.63, 3.8) is 0 Å². The molecule has 1 rings (SSSR count). The molecule has 0 heterocycles. The number of carbonyl (C=O) groups is 2. The largest absolute Gasteiger partial charge is 0.480 e. The van der Waals surface area contributed by atoms with Gasteiger partial charge in [0.15, 0.2) is 0 Å². The van der Waals surface area contributed by atoms with E-state index in [1.165, 1.54) is 4.90 Å². The standard InChI is InChI=1S/C13H24N2O3/c1-4-10(3)8-14(5-2)13(18)15(9-12(16)17)11-6-7-11/h10-11H,4-9H2,1-3H3,(H,16,17). The zero-order valence-corrected chi connectivity index (χ0v) is 11.6. The second-order valence-electron chi connectivity index (χ2n) is 5.09. The summed E-state index contributed by atoms with van der Waals surface area (Å²) in [5.41, 5.74) is 0. The Kier molecular flexibility index (Phi) is 5.44. The third kappa shape index (κ3) is 4.20. The molecule has 0 aliphatic heterocycles. The fourth-order valence-electron chi connectivity index (χ4n) is 1.91. The smallest absolute Gasteiger partial charge is 0.323 e. The van der Waals surface area contributed by atoms with Crippen LogP contribution in [-0.4, -0.2) is 52.6 Å². The van der Waals surface area contributed by atoms with Crippen LogP contribution in [0.5, 0.6) is 0 Å². The third-order valence-corrected chi connectivity index (χ3v) is 3.42. The van der Waals surface area contributed by atoms with Gasteiger partial charge in [-0.15, -0.1) is 0 Å². The molecular weight excluding hydrogens is 232 g/mol. The first-order valence-corrected chi connectivity index (χ1v) is 6.76. The van der Waals surface area contributed by atoms with Gasteiger partial charge in [-0.1, -0.05) is 20.3 Å². The Bertz CT molecular complexity index is 303. The Morgan fingerprint density at radius 2 is 1.94 bits per heavy atom. The molecule has 0 aromatic carbocycles. The van der Waals surface area contributed by atoms with Crippen LogP contribution in [0.25, 0.3) is 0 Å². The SMILES string of the molecule is CCC(C)CN(CC)C(=O)N(CC(=O)O)C1CC1. The van der Waals surface area contributed by atoms with Crippen LogP contribution >= 0.6 is 0 Å². The minimum atomic E-state index is -0.935. The van der Waals surface area contributed by atoms with Crippen LogP contribution in [0.15, 0.2) is 0 Å². The van der Waals surface area contributed by atoms with E-state index in [2.05, 4.69) is 13.8 Å². The zero-order chi connectivity index (χ0) is 13.7. The van der Waals surface area contributed by atoms with Gasteiger partial charge < -0.3 is 14.9 Å². The van der Waals surface area contributed by atoms with Crippen molar-refractivity contribution in [1.82, 2.24) is 9.80 Å². The Morgan fingerprint density at radius 3 is 2.33 bits per heavy atom. The first kappa shape index (κ1) is 14.8. The number of aliphatic carboxylic acids is 1. The molecule has 0 aromatic heterocycles. The lowest BCUT2D eigenvalue weighted by molar-refractivity contribution is -0.137. The van der Waals surface area contributed by atoms with Crippen molar-refractivity contribution in [3.8, 4) is 0 Å². The van der Waals surface area contributed by atoms with Gasteiger partial charge in [0.05, 0.1) is 0 Å². The number of nitrogens with zero attached hydrogens (tertiary/aromatic N) is 2. The van der Waals surface area contributed by atoms with Crippen LogP contribution in [-0.2, 0) is 4.79 Å². The predicted octanol–water partition coefficient (Wildman–Crippen LogP) is 2.02. The molecule has 1 atom stereocenters. The highest BCUT2D eigenvalue weighted by molar-refractivity contribution is 5.80. The lowest BCUT2D eigenvalue weighted by Gasteiger charge is -2.30. The molecule has 0 saturated heterocycles. The van der Waals surface area contributed by atoms with Gasteiger partial charge in [0.2, 0.25) is 0 Å². The van der Waals surface area contributed by atoms with Crippen molar-refractivity contribution in [1.29, 1.82) is 0 Å². The summed E-state index contributed by atoms with van der Waals surface area (Å²) < 4.78 is 0. The molecule has 1 saturated carbocycles. The van der Waals surface area contributed by atoms with E-state index >= 15 is 0 Å². The molecule has 5 heteroatoms. The normalized spacial score (nSPS) is 16.2. The van der Waals surface area contributed by atoms with Gasteiger partial charge in [-0.2, -0.15) is 0 Å². The van der Waals surface area contributed by atoms with Crippen LogP contribution < -0.4 is 0 Å². The molecule has 18 heavy (non-hydrogen) atoms. The van der Waals surface area contributed by atoms with Gasteiger partial charge in [-0.05, 0) is 25.7 Å². The Morgan fingerprint density at radius 1 is 1.33 bits per heavy atom.